The standard InChI is InChI=1S/C27H21N/c1-28(26-14-6-12-22-20-10-4-2-8-18(20)16-24(22)26)27-15-7-13-23-21-11-5-3-9-19(21)17-25(23)27/h2-15H,16-17H2,1H3. The van der Waals surface area contributed by atoms with Crippen LogP contribution in [-0.4, -0.2) is 7.05 Å². The highest BCUT2D eigenvalue weighted by atomic mass is 15.1. The average Bonchev–Trinajstić information content (AvgIpc) is 3.31. The van der Waals surface area contributed by atoms with Gasteiger partial charge in [0.1, 0.15) is 0 Å². The Labute approximate surface area is 165 Å². The second-order valence-electron chi connectivity index (χ2n) is 7.83. The van der Waals surface area contributed by atoms with Gasteiger partial charge < -0.3 is 4.90 Å². The zero-order chi connectivity index (χ0) is 18.7. The van der Waals surface area contributed by atoms with Crippen molar-refractivity contribution in [3.63, 3.8) is 0 Å². The van der Waals surface area contributed by atoms with Gasteiger partial charge in [0.2, 0.25) is 0 Å². The van der Waals surface area contributed by atoms with Crippen molar-refractivity contribution in [1.29, 1.82) is 0 Å². The molecule has 0 radical (unpaired) electrons. The fourth-order valence-corrected chi connectivity index (χ4v) is 5.04. The van der Waals surface area contributed by atoms with Crippen molar-refractivity contribution in [3.8, 4) is 22.3 Å². The summed E-state index contributed by atoms with van der Waals surface area (Å²) in [5.41, 5.74) is 13.9. The van der Waals surface area contributed by atoms with E-state index >= 15 is 0 Å². The molecule has 0 fully saturated rings. The molecule has 1 nitrogen and oxygen atoms in total. The van der Waals surface area contributed by atoms with E-state index in [1.807, 2.05) is 0 Å². The summed E-state index contributed by atoms with van der Waals surface area (Å²) in [5, 5.41) is 0. The second kappa shape index (κ2) is 5.84. The Morgan fingerprint density at radius 3 is 1.43 bits per heavy atom. The number of hydrogen-bond acceptors (Lipinski definition) is 1. The lowest BCUT2D eigenvalue weighted by Gasteiger charge is -2.25. The molecule has 1 heteroatoms. The minimum Gasteiger partial charge on any atom is -0.344 e. The van der Waals surface area contributed by atoms with Crippen LogP contribution in [0.15, 0.2) is 84.9 Å². The molecule has 0 spiro atoms. The molecule has 0 aliphatic heterocycles. The highest BCUT2D eigenvalue weighted by Crippen LogP contribution is 2.46. The topological polar surface area (TPSA) is 3.24 Å². The Hall–Kier alpha value is -3.32. The van der Waals surface area contributed by atoms with Gasteiger partial charge in [0, 0.05) is 31.3 Å². The summed E-state index contributed by atoms with van der Waals surface area (Å²) in [7, 11) is 2.22. The summed E-state index contributed by atoms with van der Waals surface area (Å²) in [5.74, 6) is 0. The smallest absolute Gasteiger partial charge is 0.0450 e. The molecule has 0 heterocycles. The first-order valence-corrected chi connectivity index (χ1v) is 9.95. The lowest BCUT2D eigenvalue weighted by atomic mass is 10.0. The van der Waals surface area contributed by atoms with Crippen LogP contribution in [0.3, 0.4) is 0 Å². The summed E-state index contributed by atoms with van der Waals surface area (Å²) in [6.45, 7) is 0. The maximum absolute atomic E-state index is 2.40. The van der Waals surface area contributed by atoms with Gasteiger partial charge in [0.05, 0.1) is 0 Å². The molecule has 2 aliphatic rings. The van der Waals surface area contributed by atoms with Crippen LogP contribution in [0.4, 0.5) is 11.4 Å². The van der Waals surface area contributed by atoms with Crippen LogP contribution in [0.2, 0.25) is 0 Å². The van der Waals surface area contributed by atoms with Gasteiger partial charge in [-0.3, -0.25) is 0 Å². The van der Waals surface area contributed by atoms with Crippen molar-refractivity contribution in [3.05, 3.63) is 107 Å². The normalized spacial score (nSPS) is 12.9. The van der Waals surface area contributed by atoms with Gasteiger partial charge in [0.25, 0.3) is 0 Å². The molecule has 0 bridgehead atoms. The van der Waals surface area contributed by atoms with Crippen LogP contribution in [0, 0.1) is 0 Å². The minimum atomic E-state index is 1.02. The maximum Gasteiger partial charge on any atom is 0.0450 e. The molecule has 4 aromatic rings. The van der Waals surface area contributed by atoms with E-state index in [9.17, 15) is 0 Å². The van der Waals surface area contributed by atoms with E-state index in [-0.39, 0.29) is 0 Å². The van der Waals surface area contributed by atoms with Gasteiger partial charge in [-0.25, -0.2) is 0 Å². The Bertz CT molecular complexity index is 1140. The Kier molecular flexibility index (Phi) is 3.28. The van der Waals surface area contributed by atoms with Gasteiger partial charge in [-0.15, -0.1) is 0 Å². The summed E-state index contributed by atoms with van der Waals surface area (Å²) >= 11 is 0. The van der Waals surface area contributed by atoms with Gasteiger partial charge in [-0.05, 0) is 56.6 Å². The van der Waals surface area contributed by atoms with Crippen molar-refractivity contribution in [2.24, 2.45) is 0 Å². The molecule has 0 N–H and O–H groups in total. The van der Waals surface area contributed by atoms with Crippen LogP contribution >= 0.6 is 0 Å². The predicted octanol–water partition coefficient (Wildman–Crippen LogP) is 6.60. The van der Waals surface area contributed by atoms with Gasteiger partial charge in [-0.1, -0.05) is 72.8 Å². The number of hydrogen-bond donors (Lipinski definition) is 0. The molecule has 28 heavy (non-hydrogen) atoms. The molecular weight excluding hydrogens is 338 g/mol. The Morgan fingerprint density at radius 1 is 0.500 bits per heavy atom. The number of fused-ring (bicyclic) bond motifs is 6. The molecule has 4 aromatic carbocycles. The molecule has 0 saturated heterocycles. The van der Waals surface area contributed by atoms with E-state index in [4.69, 9.17) is 0 Å². The van der Waals surface area contributed by atoms with Crippen molar-refractivity contribution >= 4 is 11.4 Å². The summed E-state index contributed by atoms with van der Waals surface area (Å²) < 4.78 is 0. The molecule has 0 amide bonds. The summed E-state index contributed by atoms with van der Waals surface area (Å²) in [4.78, 5) is 2.40. The zero-order valence-corrected chi connectivity index (χ0v) is 15.9. The number of nitrogens with zero attached hydrogens (tertiary/aromatic N) is 1. The fraction of sp³-hybridized carbons (Fsp3) is 0.111. The number of rotatable bonds is 2. The van der Waals surface area contributed by atoms with E-state index in [2.05, 4.69) is 96.9 Å². The highest BCUT2D eigenvalue weighted by molar-refractivity contribution is 5.87. The highest BCUT2D eigenvalue weighted by Gasteiger charge is 2.26. The first-order chi connectivity index (χ1) is 13.8. The van der Waals surface area contributed by atoms with Crippen LogP contribution in [-0.2, 0) is 12.8 Å². The van der Waals surface area contributed by atoms with Crippen LogP contribution in [0.1, 0.15) is 22.3 Å². The summed E-state index contributed by atoms with van der Waals surface area (Å²) in [6, 6.07) is 31.1. The predicted molar refractivity (Wildman–Crippen MR) is 117 cm³/mol. The third kappa shape index (κ3) is 2.13. The van der Waals surface area contributed by atoms with E-state index in [0.717, 1.165) is 12.8 Å². The molecule has 0 atom stereocenters. The Morgan fingerprint density at radius 2 is 0.929 bits per heavy atom. The molecule has 0 saturated carbocycles. The van der Waals surface area contributed by atoms with Crippen molar-refractivity contribution in [1.82, 2.24) is 0 Å². The zero-order valence-electron chi connectivity index (χ0n) is 15.9. The SMILES string of the molecule is CN(c1cccc2c1Cc1ccccc1-2)c1cccc2c1Cc1ccccc1-2. The third-order valence-corrected chi connectivity index (χ3v) is 6.37. The Balaban J connectivity index is 1.48. The van der Waals surface area contributed by atoms with Crippen molar-refractivity contribution in [2.45, 2.75) is 12.8 Å². The van der Waals surface area contributed by atoms with Gasteiger partial charge in [0.15, 0.2) is 0 Å². The third-order valence-electron chi connectivity index (χ3n) is 6.37. The average molecular weight is 359 g/mol. The number of benzene rings is 4. The van der Waals surface area contributed by atoms with Crippen LogP contribution < -0.4 is 4.90 Å². The van der Waals surface area contributed by atoms with Crippen molar-refractivity contribution in [2.75, 3.05) is 11.9 Å². The van der Waals surface area contributed by atoms with E-state index in [1.165, 1.54) is 55.9 Å². The van der Waals surface area contributed by atoms with E-state index in [0.29, 0.717) is 0 Å². The van der Waals surface area contributed by atoms with E-state index in [1.54, 1.807) is 0 Å². The van der Waals surface area contributed by atoms with Gasteiger partial charge in [-0.2, -0.15) is 0 Å². The maximum atomic E-state index is 2.40. The molecule has 0 aromatic heterocycles. The van der Waals surface area contributed by atoms with Crippen LogP contribution in [0.5, 0.6) is 0 Å². The fourth-order valence-electron chi connectivity index (χ4n) is 5.04. The summed E-state index contributed by atoms with van der Waals surface area (Å²) in [6.07, 6.45) is 2.03. The van der Waals surface area contributed by atoms with Crippen LogP contribution in [0.25, 0.3) is 22.3 Å². The first-order valence-electron chi connectivity index (χ1n) is 9.95. The molecular formula is C27H21N. The molecule has 0 unspecified atom stereocenters. The molecule has 2 aliphatic carbocycles. The minimum absolute atomic E-state index is 1.02. The van der Waals surface area contributed by atoms with Gasteiger partial charge >= 0.3 is 0 Å². The number of anilines is 2. The van der Waals surface area contributed by atoms with Crippen molar-refractivity contribution < 1.29 is 0 Å². The lowest BCUT2D eigenvalue weighted by molar-refractivity contribution is 1.13. The first kappa shape index (κ1) is 15.7. The quantitative estimate of drug-likeness (QED) is 0.337. The lowest BCUT2D eigenvalue weighted by Crippen LogP contribution is -2.13. The molecule has 6 rings (SSSR count). The van der Waals surface area contributed by atoms with E-state index < -0.39 is 0 Å². The molecule has 134 valence electrons. The second-order valence-corrected chi connectivity index (χ2v) is 7.83. The monoisotopic (exact) mass is 359 g/mol. The largest absolute Gasteiger partial charge is 0.344 e.